The molecule has 2 aromatic rings. The Labute approximate surface area is 221 Å². The van der Waals surface area contributed by atoms with Crippen LogP contribution in [-0.4, -0.2) is 77.3 Å². The molecule has 2 fully saturated rings. The third-order valence-corrected chi connectivity index (χ3v) is 6.70. The zero-order valence-corrected chi connectivity index (χ0v) is 21.8. The number of nitrogens with zero attached hydrogens (tertiary/aromatic N) is 2. The van der Waals surface area contributed by atoms with Crippen molar-refractivity contribution in [1.82, 2.24) is 20.5 Å². The molecule has 11 nitrogen and oxygen atoms in total. The van der Waals surface area contributed by atoms with Crippen LogP contribution in [0.2, 0.25) is 0 Å². The van der Waals surface area contributed by atoms with Gasteiger partial charge in [-0.1, -0.05) is 13.3 Å². The molecule has 1 unspecified atom stereocenters. The molecular formula is C27H35N5O6. The summed E-state index contributed by atoms with van der Waals surface area (Å²) in [5.41, 5.74) is 5.62. The van der Waals surface area contributed by atoms with E-state index < -0.39 is 41.7 Å². The molecule has 4 N–H and O–H groups in total. The maximum atomic E-state index is 13.3. The van der Waals surface area contributed by atoms with Crippen molar-refractivity contribution >= 4 is 34.3 Å². The molecule has 0 spiro atoms. The van der Waals surface area contributed by atoms with Gasteiger partial charge in [-0.15, -0.1) is 0 Å². The highest BCUT2D eigenvalue weighted by molar-refractivity contribution is 6.38. The highest BCUT2D eigenvalue weighted by Crippen LogP contribution is 2.30. The van der Waals surface area contributed by atoms with E-state index in [-0.39, 0.29) is 25.6 Å². The molecule has 1 aromatic heterocycles. The number of rotatable bonds is 12. The van der Waals surface area contributed by atoms with Crippen molar-refractivity contribution in [3.63, 3.8) is 0 Å². The van der Waals surface area contributed by atoms with Crippen molar-refractivity contribution in [2.75, 3.05) is 19.7 Å². The minimum Gasteiger partial charge on any atom is -0.494 e. The van der Waals surface area contributed by atoms with Gasteiger partial charge in [-0.25, -0.2) is 4.98 Å². The van der Waals surface area contributed by atoms with Gasteiger partial charge < -0.3 is 30.7 Å². The number of nitrogens with two attached hydrogens (primary N) is 1. The normalized spacial score (nSPS) is 19.6. The van der Waals surface area contributed by atoms with Crippen LogP contribution in [0.15, 0.2) is 30.5 Å². The lowest BCUT2D eigenvalue weighted by atomic mass is 10.0. The van der Waals surface area contributed by atoms with Gasteiger partial charge in [0.25, 0.3) is 5.91 Å². The van der Waals surface area contributed by atoms with Gasteiger partial charge in [0.1, 0.15) is 17.9 Å². The van der Waals surface area contributed by atoms with Crippen LogP contribution in [0.5, 0.6) is 11.6 Å². The van der Waals surface area contributed by atoms with Crippen molar-refractivity contribution in [2.24, 2.45) is 5.73 Å². The zero-order valence-electron chi connectivity index (χ0n) is 21.8. The molecule has 1 aliphatic heterocycles. The first-order valence-corrected chi connectivity index (χ1v) is 13.2. The summed E-state index contributed by atoms with van der Waals surface area (Å²) in [6, 6.07) is 5.60. The van der Waals surface area contributed by atoms with Gasteiger partial charge in [-0.3, -0.25) is 19.2 Å². The van der Waals surface area contributed by atoms with E-state index in [1.54, 1.807) is 6.20 Å². The fraction of sp³-hybridized carbons (Fsp3) is 0.519. The van der Waals surface area contributed by atoms with Crippen LogP contribution >= 0.6 is 0 Å². The molecule has 3 amide bonds. The number of carbonyl (C=O) groups excluding carboxylic acids is 4. The average Bonchev–Trinajstić information content (AvgIpc) is 3.63. The number of fused-ring (bicyclic) bond motifs is 1. The Morgan fingerprint density at radius 1 is 1.18 bits per heavy atom. The topological polar surface area (TPSA) is 153 Å². The van der Waals surface area contributed by atoms with Crippen LogP contribution in [0.1, 0.15) is 46.0 Å². The molecule has 2 aliphatic rings. The molecule has 2 heterocycles. The lowest BCUT2D eigenvalue weighted by Crippen LogP contribution is -2.54. The van der Waals surface area contributed by atoms with Gasteiger partial charge in [0, 0.05) is 24.0 Å². The maximum absolute atomic E-state index is 13.3. The average molecular weight is 526 g/mol. The molecule has 0 bridgehead atoms. The second-order valence-electron chi connectivity index (χ2n) is 9.64. The van der Waals surface area contributed by atoms with E-state index in [9.17, 15) is 19.2 Å². The Bertz CT molecular complexity index is 1200. The van der Waals surface area contributed by atoms with Gasteiger partial charge >= 0.3 is 0 Å². The summed E-state index contributed by atoms with van der Waals surface area (Å²) in [6.45, 7) is 4.19. The molecule has 4 rings (SSSR count). The van der Waals surface area contributed by atoms with Crippen LogP contribution in [-0.2, 0) is 19.2 Å². The predicted molar refractivity (Wildman–Crippen MR) is 140 cm³/mol. The number of nitrogens with one attached hydrogen (secondary N) is 2. The number of benzene rings is 1. The molecule has 1 aliphatic carbocycles. The number of hydrogen-bond acceptors (Lipinski definition) is 8. The van der Waals surface area contributed by atoms with Crippen molar-refractivity contribution in [2.45, 2.75) is 70.2 Å². The smallest absolute Gasteiger partial charge is 0.289 e. The number of ether oxygens (including phenoxy) is 2. The molecule has 204 valence electrons. The minimum atomic E-state index is -0.972. The van der Waals surface area contributed by atoms with Crippen LogP contribution in [0.3, 0.4) is 0 Å². The molecule has 0 radical (unpaired) electrons. The molecular weight excluding hydrogens is 490 g/mol. The molecule has 11 heteroatoms. The van der Waals surface area contributed by atoms with Crippen molar-refractivity contribution in [3.05, 3.63) is 30.5 Å². The van der Waals surface area contributed by atoms with E-state index in [1.807, 2.05) is 38.1 Å². The second-order valence-corrected chi connectivity index (χ2v) is 9.64. The van der Waals surface area contributed by atoms with Gasteiger partial charge in [0.2, 0.25) is 23.5 Å². The summed E-state index contributed by atoms with van der Waals surface area (Å²) < 4.78 is 11.8. The van der Waals surface area contributed by atoms with Crippen molar-refractivity contribution < 1.29 is 28.7 Å². The Morgan fingerprint density at radius 2 is 1.97 bits per heavy atom. The first-order chi connectivity index (χ1) is 18.3. The molecule has 3 atom stereocenters. The Hall–Kier alpha value is -3.73. The third kappa shape index (κ3) is 6.39. The quantitative estimate of drug-likeness (QED) is 0.348. The highest BCUT2D eigenvalue weighted by Gasteiger charge is 2.42. The predicted octanol–water partition coefficient (Wildman–Crippen LogP) is 1.07. The summed E-state index contributed by atoms with van der Waals surface area (Å²) in [6.07, 6.45) is 3.89. The molecule has 1 aromatic carbocycles. The number of hydrogen-bond donors (Lipinski definition) is 3. The lowest BCUT2D eigenvalue weighted by Gasteiger charge is -2.25. The van der Waals surface area contributed by atoms with E-state index in [0.29, 0.717) is 25.3 Å². The Morgan fingerprint density at radius 3 is 2.66 bits per heavy atom. The molecule has 1 saturated carbocycles. The van der Waals surface area contributed by atoms with Crippen LogP contribution in [0, 0.1) is 0 Å². The monoisotopic (exact) mass is 525 g/mol. The number of ketones is 1. The fourth-order valence-corrected chi connectivity index (χ4v) is 4.63. The summed E-state index contributed by atoms with van der Waals surface area (Å²) in [4.78, 5) is 56.8. The van der Waals surface area contributed by atoms with Crippen LogP contribution < -0.4 is 25.8 Å². The number of carbonyl (C=O) groups is 4. The van der Waals surface area contributed by atoms with Crippen molar-refractivity contribution in [1.29, 1.82) is 0 Å². The number of pyridine rings is 1. The Balaban J connectivity index is 1.48. The van der Waals surface area contributed by atoms with E-state index in [2.05, 4.69) is 15.6 Å². The van der Waals surface area contributed by atoms with E-state index in [4.69, 9.17) is 15.2 Å². The van der Waals surface area contributed by atoms with E-state index >= 15 is 0 Å². The third-order valence-electron chi connectivity index (χ3n) is 6.70. The number of Topliss-reactive ketones (excluding diaryl/α,β-unsaturated/α-hetero) is 1. The van der Waals surface area contributed by atoms with Crippen LogP contribution in [0.4, 0.5) is 0 Å². The highest BCUT2D eigenvalue weighted by atomic mass is 16.5. The Kier molecular flexibility index (Phi) is 8.77. The van der Waals surface area contributed by atoms with Gasteiger partial charge in [0.15, 0.2) is 0 Å². The first kappa shape index (κ1) is 27.3. The molecule has 38 heavy (non-hydrogen) atoms. The van der Waals surface area contributed by atoms with Gasteiger partial charge in [-0.2, -0.15) is 0 Å². The van der Waals surface area contributed by atoms with Gasteiger partial charge in [0.05, 0.1) is 25.7 Å². The van der Waals surface area contributed by atoms with E-state index in [0.717, 1.165) is 29.4 Å². The molecule has 1 saturated heterocycles. The summed E-state index contributed by atoms with van der Waals surface area (Å²) in [5, 5.41) is 7.04. The number of likely N-dealkylation sites (tertiary alicyclic amines) is 1. The number of amides is 3. The standard InChI is InChI=1S/C27H35N5O6/c1-3-5-21(24(34)26(36)30-17-6-7-17)31-25(35)22-13-19(15-32(22)23(33)14-28)38-27-20-9-8-18(37-4-2)12-16(20)10-11-29-27/h8-12,17,19,21-22H,3-7,13-15,28H2,1-2H3,(H,30,36)(H,31,35)/t19-,21+,22?/m1/s1. The fourth-order valence-electron chi connectivity index (χ4n) is 4.63. The summed E-state index contributed by atoms with van der Waals surface area (Å²) in [7, 11) is 0. The SMILES string of the molecule is CCC[C@H](NC(=O)C1C[C@@H](Oc2nccc3cc(OCC)ccc23)CN1C(=O)CN)C(=O)C(=O)NC1CC1. The first-order valence-electron chi connectivity index (χ1n) is 13.2. The lowest BCUT2D eigenvalue weighted by molar-refractivity contribution is -0.142. The minimum absolute atomic E-state index is 0.0308. The summed E-state index contributed by atoms with van der Waals surface area (Å²) in [5.74, 6) is -1.18. The second kappa shape index (κ2) is 12.2. The van der Waals surface area contributed by atoms with E-state index in [1.165, 1.54) is 4.90 Å². The summed E-state index contributed by atoms with van der Waals surface area (Å²) >= 11 is 0. The maximum Gasteiger partial charge on any atom is 0.289 e. The zero-order chi connectivity index (χ0) is 27.2. The number of aromatic nitrogens is 1. The van der Waals surface area contributed by atoms with Gasteiger partial charge in [-0.05, 0) is 55.8 Å². The van der Waals surface area contributed by atoms with Crippen molar-refractivity contribution in [3.8, 4) is 11.6 Å². The van der Waals surface area contributed by atoms with Crippen LogP contribution in [0.25, 0.3) is 10.8 Å². The largest absolute Gasteiger partial charge is 0.494 e.